The van der Waals surface area contributed by atoms with E-state index in [1.807, 2.05) is 6.08 Å². The van der Waals surface area contributed by atoms with Crippen molar-refractivity contribution in [1.29, 1.82) is 0 Å². The van der Waals surface area contributed by atoms with E-state index in [2.05, 4.69) is 19.2 Å². The van der Waals surface area contributed by atoms with Gasteiger partial charge in [-0.15, -0.1) is 0 Å². The van der Waals surface area contributed by atoms with Gasteiger partial charge in [-0.3, -0.25) is 9.59 Å². The number of hydrogen-bond donors (Lipinski definition) is 3. The maximum Gasteiger partial charge on any atom is 0.305 e. The second-order valence-electron chi connectivity index (χ2n) is 23.2. The molecule has 0 aromatic carbocycles. The molecule has 3 N–H and O–H groups in total. The molecule has 0 saturated carbocycles. The zero-order valence-electron chi connectivity index (χ0n) is 49.6. The molecule has 0 aromatic rings. The van der Waals surface area contributed by atoms with Crippen molar-refractivity contribution in [3.05, 3.63) is 12.2 Å². The highest BCUT2D eigenvalue weighted by atomic mass is 16.5. The molecular weight excluding hydrogens is 899 g/mol. The Kier molecular flexibility index (Phi) is 61.9. The van der Waals surface area contributed by atoms with E-state index in [1.165, 1.54) is 315 Å². The summed E-state index contributed by atoms with van der Waals surface area (Å²) in [4.78, 5) is 24.5. The predicted molar refractivity (Wildman–Crippen MR) is 320 cm³/mol. The second-order valence-corrected chi connectivity index (χ2v) is 23.2. The van der Waals surface area contributed by atoms with Crippen LogP contribution < -0.4 is 5.32 Å². The fourth-order valence-corrected chi connectivity index (χ4v) is 10.7. The third-order valence-corrected chi connectivity index (χ3v) is 15.8. The quantitative estimate of drug-likeness (QED) is 0.0320. The van der Waals surface area contributed by atoms with Gasteiger partial charge in [-0.1, -0.05) is 347 Å². The minimum atomic E-state index is -0.846. The Hall–Kier alpha value is -1.40. The molecule has 0 heterocycles. The Labute approximate surface area is 457 Å². The topological polar surface area (TPSA) is 95.9 Å². The van der Waals surface area contributed by atoms with E-state index >= 15 is 0 Å². The highest BCUT2D eigenvalue weighted by Crippen LogP contribution is 2.19. The van der Waals surface area contributed by atoms with Gasteiger partial charge in [0.1, 0.15) is 0 Å². The maximum atomic E-state index is 12.5. The first-order valence-electron chi connectivity index (χ1n) is 33.5. The molecule has 2 unspecified atom stereocenters. The molecule has 2 atom stereocenters. The van der Waals surface area contributed by atoms with E-state index in [0.29, 0.717) is 19.4 Å². The number of amides is 1. The summed E-state index contributed by atoms with van der Waals surface area (Å²) in [7, 11) is 0. The van der Waals surface area contributed by atoms with Crippen LogP contribution in [0.3, 0.4) is 0 Å². The third-order valence-electron chi connectivity index (χ3n) is 15.8. The molecule has 1 amide bonds. The van der Waals surface area contributed by atoms with Crippen molar-refractivity contribution in [3.63, 3.8) is 0 Å². The average molecular weight is 1030 g/mol. The molecule has 434 valence electrons. The largest absolute Gasteiger partial charge is 0.466 e. The lowest BCUT2D eigenvalue weighted by Gasteiger charge is -2.20. The Morgan fingerprint density at radius 3 is 0.932 bits per heavy atom. The molecule has 0 aliphatic rings. The molecule has 0 radical (unpaired) electrons. The van der Waals surface area contributed by atoms with Gasteiger partial charge >= 0.3 is 5.97 Å². The van der Waals surface area contributed by atoms with E-state index in [-0.39, 0.29) is 18.5 Å². The number of allylic oxidation sites excluding steroid dienone is 1. The number of ether oxygens (including phenoxy) is 1. The molecule has 6 heteroatoms. The van der Waals surface area contributed by atoms with Gasteiger partial charge < -0.3 is 20.3 Å². The van der Waals surface area contributed by atoms with Gasteiger partial charge in [-0.2, -0.15) is 0 Å². The fraction of sp³-hybridized carbons (Fsp3) is 0.940. The van der Waals surface area contributed by atoms with Gasteiger partial charge in [0.25, 0.3) is 0 Å². The molecule has 0 bridgehead atoms. The van der Waals surface area contributed by atoms with Crippen LogP contribution in [0.15, 0.2) is 12.2 Å². The first-order valence-corrected chi connectivity index (χ1v) is 33.5. The van der Waals surface area contributed by atoms with E-state index in [0.717, 1.165) is 38.5 Å². The fourth-order valence-electron chi connectivity index (χ4n) is 10.7. The van der Waals surface area contributed by atoms with E-state index in [1.54, 1.807) is 6.08 Å². The lowest BCUT2D eigenvalue weighted by atomic mass is 10.0. The Bertz CT molecular complexity index is 1100. The molecule has 73 heavy (non-hydrogen) atoms. The second kappa shape index (κ2) is 63.1. The smallest absolute Gasteiger partial charge is 0.305 e. The molecule has 0 rings (SSSR count). The Morgan fingerprint density at radius 1 is 0.370 bits per heavy atom. The number of unbranched alkanes of at least 4 members (excludes halogenated alkanes) is 52. The number of carbonyl (C=O) groups is 2. The first-order chi connectivity index (χ1) is 36.0. The molecule has 0 fully saturated rings. The van der Waals surface area contributed by atoms with Crippen LogP contribution in [0.4, 0.5) is 0 Å². The number of esters is 1. The summed E-state index contributed by atoms with van der Waals surface area (Å²) in [6.45, 7) is 4.94. The van der Waals surface area contributed by atoms with Gasteiger partial charge in [0.05, 0.1) is 25.4 Å². The van der Waals surface area contributed by atoms with Crippen LogP contribution >= 0.6 is 0 Å². The van der Waals surface area contributed by atoms with Crippen molar-refractivity contribution < 1.29 is 24.5 Å². The lowest BCUT2D eigenvalue weighted by Crippen LogP contribution is -2.45. The van der Waals surface area contributed by atoms with Crippen LogP contribution in [0, 0.1) is 0 Å². The normalized spacial score (nSPS) is 12.5. The maximum absolute atomic E-state index is 12.5. The summed E-state index contributed by atoms with van der Waals surface area (Å²) in [5, 5.41) is 23.2. The summed E-state index contributed by atoms with van der Waals surface area (Å²) < 4.78 is 5.48. The zero-order valence-corrected chi connectivity index (χ0v) is 49.6. The summed E-state index contributed by atoms with van der Waals surface area (Å²) in [5.41, 5.74) is 0. The minimum absolute atomic E-state index is 0.0131. The summed E-state index contributed by atoms with van der Waals surface area (Å²) in [6, 6.07) is -0.629. The minimum Gasteiger partial charge on any atom is -0.466 e. The van der Waals surface area contributed by atoms with E-state index in [9.17, 15) is 19.8 Å². The number of aliphatic hydroxyl groups excluding tert-OH is 2. The highest BCUT2D eigenvalue weighted by Gasteiger charge is 2.18. The van der Waals surface area contributed by atoms with Crippen molar-refractivity contribution in [2.45, 2.75) is 392 Å². The lowest BCUT2D eigenvalue weighted by molar-refractivity contribution is -0.143. The number of carbonyl (C=O) groups excluding carboxylic acids is 2. The monoisotopic (exact) mass is 1030 g/mol. The van der Waals surface area contributed by atoms with Crippen LogP contribution in [0.25, 0.3) is 0 Å². The van der Waals surface area contributed by atoms with Crippen LogP contribution in [0.5, 0.6) is 0 Å². The number of aliphatic hydroxyl groups is 2. The summed E-state index contributed by atoms with van der Waals surface area (Å²) in [5.74, 6) is -0.0512. The predicted octanol–water partition coefficient (Wildman–Crippen LogP) is 21.2. The van der Waals surface area contributed by atoms with Crippen molar-refractivity contribution in [3.8, 4) is 0 Å². The van der Waals surface area contributed by atoms with Crippen LogP contribution in [-0.2, 0) is 14.3 Å². The molecule has 0 aromatic heterocycles. The van der Waals surface area contributed by atoms with Gasteiger partial charge in [-0.05, 0) is 32.1 Å². The van der Waals surface area contributed by atoms with Crippen molar-refractivity contribution >= 4 is 11.9 Å². The summed E-state index contributed by atoms with van der Waals surface area (Å²) in [6.07, 6.45) is 77.0. The zero-order chi connectivity index (χ0) is 52.9. The Morgan fingerprint density at radius 2 is 0.630 bits per heavy atom. The summed E-state index contributed by atoms with van der Waals surface area (Å²) >= 11 is 0. The first kappa shape index (κ1) is 71.6. The van der Waals surface area contributed by atoms with Gasteiger partial charge in [0, 0.05) is 12.8 Å². The van der Waals surface area contributed by atoms with Gasteiger partial charge in [-0.25, -0.2) is 0 Å². The molecule has 6 nitrogen and oxygen atoms in total. The van der Waals surface area contributed by atoms with Crippen molar-refractivity contribution in [1.82, 2.24) is 5.32 Å². The molecule has 0 aliphatic carbocycles. The van der Waals surface area contributed by atoms with Crippen LogP contribution in [0.2, 0.25) is 0 Å². The number of nitrogens with one attached hydrogen (secondary N) is 1. The molecule has 0 spiro atoms. The van der Waals surface area contributed by atoms with Crippen molar-refractivity contribution in [2.24, 2.45) is 0 Å². The number of rotatable bonds is 63. The highest BCUT2D eigenvalue weighted by molar-refractivity contribution is 5.76. The van der Waals surface area contributed by atoms with Gasteiger partial charge in [0.2, 0.25) is 5.91 Å². The van der Waals surface area contributed by atoms with Crippen LogP contribution in [0.1, 0.15) is 380 Å². The average Bonchev–Trinajstić information content (AvgIpc) is 3.39. The standard InChI is InChI=1S/C67H131NO5/c1-3-5-7-9-11-13-15-17-18-19-20-21-22-24-27-30-33-36-39-43-47-51-55-59-65(70)64(63-69)68-66(71)60-56-52-48-44-40-37-34-31-28-25-23-26-29-32-35-38-42-46-50-54-58-62-73-67(72)61-57-53-49-45-41-16-14-12-10-8-6-4-2/h55,59,64-65,69-70H,3-54,56-58,60-63H2,1-2H3,(H,68,71)/b59-55+. The Balaban J connectivity index is 3.41. The molecule has 0 saturated heterocycles. The SMILES string of the molecule is CCCCCCCCCCCCCCCCCCCCCCC/C=C/C(O)C(CO)NC(=O)CCCCCCCCCCCCCCCCCCCCCCCOC(=O)CCCCCCCCCCCCCC. The third kappa shape index (κ3) is 59.7. The van der Waals surface area contributed by atoms with E-state index in [4.69, 9.17) is 4.74 Å². The molecular formula is C67H131NO5. The van der Waals surface area contributed by atoms with Crippen molar-refractivity contribution in [2.75, 3.05) is 13.2 Å². The van der Waals surface area contributed by atoms with E-state index < -0.39 is 12.1 Å². The van der Waals surface area contributed by atoms with Gasteiger partial charge in [0.15, 0.2) is 0 Å². The molecule has 0 aliphatic heterocycles. The number of hydrogen-bond acceptors (Lipinski definition) is 5. The van der Waals surface area contributed by atoms with Crippen LogP contribution in [-0.4, -0.2) is 47.4 Å².